The molecule has 1 nitrogen and oxygen atoms in total. The Balaban J connectivity index is 2.59. The molecule has 1 unspecified atom stereocenters. The van der Waals surface area contributed by atoms with Crippen LogP contribution in [0.1, 0.15) is 44.2 Å². The van der Waals surface area contributed by atoms with E-state index in [0.717, 1.165) is 6.42 Å². The van der Waals surface area contributed by atoms with Crippen LogP contribution in [0, 0.1) is 0 Å². The molecule has 0 aliphatic heterocycles. The molecule has 0 aliphatic rings. The lowest BCUT2D eigenvalue weighted by atomic mass is 10.0. The molecule has 0 spiro atoms. The largest absolute Gasteiger partial charge is 0.324 e. The lowest BCUT2D eigenvalue weighted by Crippen LogP contribution is -2.11. The van der Waals surface area contributed by atoms with Crippen molar-refractivity contribution in [2.24, 2.45) is 5.73 Å². The Morgan fingerprint density at radius 2 is 2.00 bits per heavy atom. The average Bonchev–Trinajstić information content (AvgIpc) is 2.29. The summed E-state index contributed by atoms with van der Waals surface area (Å²) < 4.78 is 0. The van der Waals surface area contributed by atoms with Gasteiger partial charge in [-0.05, 0) is 24.3 Å². The Morgan fingerprint density at radius 3 is 2.67 bits per heavy atom. The minimum Gasteiger partial charge on any atom is -0.324 e. The molecule has 0 saturated carbocycles. The molecule has 1 atom stereocenters. The summed E-state index contributed by atoms with van der Waals surface area (Å²) in [5, 5.41) is 0. The minimum atomic E-state index is 0.209. The number of nitrogens with two attached hydrogens (primary N) is 1. The van der Waals surface area contributed by atoms with E-state index in [1.165, 1.54) is 29.7 Å². The van der Waals surface area contributed by atoms with E-state index >= 15 is 0 Å². The van der Waals surface area contributed by atoms with E-state index in [-0.39, 0.29) is 6.04 Å². The Labute approximate surface area is 97.4 Å². The first-order chi connectivity index (χ1) is 7.29. The Morgan fingerprint density at radius 1 is 1.27 bits per heavy atom. The molecule has 84 valence electrons. The number of hydrogen-bond acceptors (Lipinski definition) is 2. The summed E-state index contributed by atoms with van der Waals surface area (Å²) in [5.41, 5.74) is 7.51. The second-order valence-electron chi connectivity index (χ2n) is 3.84. The number of rotatable bonds is 6. The summed E-state index contributed by atoms with van der Waals surface area (Å²) >= 11 is 1.78. The third-order valence-corrected chi connectivity index (χ3v) is 3.47. The highest BCUT2D eigenvalue weighted by atomic mass is 32.2. The maximum atomic E-state index is 6.20. The zero-order valence-electron chi connectivity index (χ0n) is 9.70. The van der Waals surface area contributed by atoms with Crippen molar-refractivity contribution in [1.82, 2.24) is 0 Å². The van der Waals surface area contributed by atoms with Crippen LogP contribution in [-0.2, 0) is 0 Å². The summed E-state index contributed by atoms with van der Waals surface area (Å²) in [7, 11) is 0. The zero-order chi connectivity index (χ0) is 11.1. The molecule has 2 N–H and O–H groups in total. The molecule has 0 saturated heterocycles. The van der Waals surface area contributed by atoms with Crippen molar-refractivity contribution in [1.29, 1.82) is 0 Å². The zero-order valence-corrected chi connectivity index (χ0v) is 10.5. The molecule has 2 heteroatoms. The van der Waals surface area contributed by atoms with Gasteiger partial charge in [0.25, 0.3) is 0 Å². The summed E-state index contributed by atoms with van der Waals surface area (Å²) in [6.07, 6.45) is 7.00. The molecule has 1 rings (SSSR count). The van der Waals surface area contributed by atoms with Crippen LogP contribution in [0.5, 0.6) is 0 Å². The number of unbranched alkanes of at least 4 members (excludes halogenated alkanes) is 2. The van der Waals surface area contributed by atoms with Gasteiger partial charge in [0.2, 0.25) is 0 Å². The van der Waals surface area contributed by atoms with Crippen LogP contribution >= 0.6 is 11.8 Å². The topological polar surface area (TPSA) is 26.0 Å². The predicted octanol–water partition coefficient (Wildman–Crippen LogP) is 3.99. The normalized spacial score (nSPS) is 12.7. The van der Waals surface area contributed by atoms with Crippen LogP contribution in [0.4, 0.5) is 0 Å². The van der Waals surface area contributed by atoms with Crippen LogP contribution in [-0.4, -0.2) is 6.26 Å². The van der Waals surface area contributed by atoms with Gasteiger partial charge in [-0.15, -0.1) is 11.8 Å². The van der Waals surface area contributed by atoms with Crippen molar-refractivity contribution >= 4 is 11.8 Å². The summed E-state index contributed by atoms with van der Waals surface area (Å²) in [6, 6.07) is 8.67. The van der Waals surface area contributed by atoms with Gasteiger partial charge >= 0.3 is 0 Å². The van der Waals surface area contributed by atoms with Gasteiger partial charge in [0, 0.05) is 10.9 Å². The first-order valence-corrected chi connectivity index (χ1v) is 6.90. The van der Waals surface area contributed by atoms with Gasteiger partial charge in [0.15, 0.2) is 0 Å². The van der Waals surface area contributed by atoms with Gasteiger partial charge in [0.05, 0.1) is 0 Å². The highest BCUT2D eigenvalue weighted by molar-refractivity contribution is 7.98. The molecule has 15 heavy (non-hydrogen) atoms. The lowest BCUT2D eigenvalue weighted by molar-refractivity contribution is 0.575. The lowest BCUT2D eigenvalue weighted by Gasteiger charge is -2.14. The first kappa shape index (κ1) is 12.6. The van der Waals surface area contributed by atoms with E-state index in [0.29, 0.717) is 0 Å². The van der Waals surface area contributed by atoms with Gasteiger partial charge < -0.3 is 5.73 Å². The van der Waals surface area contributed by atoms with E-state index < -0.39 is 0 Å². The van der Waals surface area contributed by atoms with E-state index in [1.54, 1.807) is 11.8 Å². The Hall–Kier alpha value is -0.470. The molecule has 0 bridgehead atoms. The number of benzene rings is 1. The first-order valence-electron chi connectivity index (χ1n) is 5.68. The van der Waals surface area contributed by atoms with Crippen molar-refractivity contribution < 1.29 is 0 Å². The molecule has 0 fully saturated rings. The molecule has 1 aromatic rings. The fourth-order valence-electron chi connectivity index (χ4n) is 1.74. The van der Waals surface area contributed by atoms with Crippen molar-refractivity contribution in [3.8, 4) is 0 Å². The molecule has 1 aromatic carbocycles. The van der Waals surface area contributed by atoms with E-state index in [4.69, 9.17) is 5.73 Å². The summed E-state index contributed by atoms with van der Waals surface area (Å²) in [6.45, 7) is 2.22. The third kappa shape index (κ3) is 3.88. The monoisotopic (exact) mass is 223 g/mol. The van der Waals surface area contributed by atoms with Gasteiger partial charge in [-0.1, -0.05) is 44.4 Å². The molecule has 0 amide bonds. The van der Waals surface area contributed by atoms with Crippen LogP contribution in [0.15, 0.2) is 29.2 Å². The van der Waals surface area contributed by atoms with E-state index in [1.807, 2.05) is 0 Å². The average molecular weight is 223 g/mol. The fraction of sp³-hybridized carbons (Fsp3) is 0.538. The van der Waals surface area contributed by atoms with Crippen molar-refractivity contribution in [3.63, 3.8) is 0 Å². The standard InChI is InChI=1S/C13H21NS/c1-3-4-5-9-12(14)11-8-6-7-10-13(11)15-2/h6-8,10,12H,3-5,9,14H2,1-2H3. The van der Waals surface area contributed by atoms with E-state index in [9.17, 15) is 0 Å². The van der Waals surface area contributed by atoms with E-state index in [2.05, 4.69) is 37.4 Å². The van der Waals surface area contributed by atoms with Gasteiger partial charge in [-0.25, -0.2) is 0 Å². The second-order valence-corrected chi connectivity index (χ2v) is 4.69. The van der Waals surface area contributed by atoms with Gasteiger partial charge in [-0.3, -0.25) is 0 Å². The SMILES string of the molecule is CCCCCC(N)c1ccccc1SC. The quantitative estimate of drug-likeness (QED) is 0.583. The second kappa shape index (κ2) is 6.91. The van der Waals surface area contributed by atoms with Crippen molar-refractivity contribution in [2.45, 2.75) is 43.5 Å². The van der Waals surface area contributed by atoms with Crippen LogP contribution in [0.3, 0.4) is 0 Å². The molecule has 0 aromatic heterocycles. The van der Waals surface area contributed by atoms with Gasteiger partial charge in [-0.2, -0.15) is 0 Å². The molecule has 0 aliphatic carbocycles. The smallest absolute Gasteiger partial charge is 0.0305 e. The maximum Gasteiger partial charge on any atom is 0.0305 e. The highest BCUT2D eigenvalue weighted by Crippen LogP contribution is 2.27. The highest BCUT2D eigenvalue weighted by Gasteiger charge is 2.09. The molecular weight excluding hydrogens is 202 g/mol. The Kier molecular flexibility index (Phi) is 5.81. The predicted molar refractivity (Wildman–Crippen MR) is 69.3 cm³/mol. The van der Waals surface area contributed by atoms with Crippen molar-refractivity contribution in [2.75, 3.05) is 6.26 Å². The molecular formula is C13H21NS. The minimum absolute atomic E-state index is 0.209. The third-order valence-electron chi connectivity index (χ3n) is 2.66. The maximum absolute atomic E-state index is 6.20. The summed E-state index contributed by atoms with van der Waals surface area (Å²) in [5.74, 6) is 0. The Bertz CT molecular complexity index is 286. The van der Waals surface area contributed by atoms with Crippen LogP contribution < -0.4 is 5.73 Å². The molecule has 0 radical (unpaired) electrons. The number of thioether (sulfide) groups is 1. The van der Waals surface area contributed by atoms with Crippen molar-refractivity contribution in [3.05, 3.63) is 29.8 Å². The summed E-state index contributed by atoms with van der Waals surface area (Å²) in [4.78, 5) is 1.32. The van der Waals surface area contributed by atoms with Crippen LogP contribution in [0.25, 0.3) is 0 Å². The van der Waals surface area contributed by atoms with Gasteiger partial charge in [0.1, 0.15) is 0 Å². The van der Waals surface area contributed by atoms with Crippen LogP contribution in [0.2, 0.25) is 0 Å². The fourth-order valence-corrected chi connectivity index (χ4v) is 2.41. The molecule has 0 heterocycles. The number of hydrogen-bond donors (Lipinski definition) is 1.